The molecule has 0 saturated carbocycles. The van der Waals surface area contributed by atoms with Gasteiger partial charge in [0.2, 0.25) is 0 Å². The smallest absolute Gasteiger partial charge is 0.308 e. The van der Waals surface area contributed by atoms with E-state index in [9.17, 15) is 14.4 Å². The van der Waals surface area contributed by atoms with Gasteiger partial charge in [0.05, 0.1) is 19.6 Å². The third-order valence-electron chi connectivity index (χ3n) is 4.99. The Bertz CT molecular complexity index is 1080. The monoisotopic (exact) mass is 431 g/mol. The molecule has 0 aromatic heterocycles. The Labute approximate surface area is 187 Å². The highest BCUT2D eigenvalue weighted by molar-refractivity contribution is 5.95. The Morgan fingerprint density at radius 2 is 1.53 bits per heavy atom. The Kier molecular flexibility index (Phi) is 7.75. The topological polar surface area (TPSA) is 81.7 Å². The standard InChI is InChI=1S/C26H25NO5/c1-18(28)21-13-14-24(31-2)22(15-21)17-32-25(29)16-23(19-9-5-3-6-10-19)27-26(30)20-11-7-4-8-12-20/h3-15,23H,16-17H2,1-2H3,(H,27,30)/t23-/m0/s1. The molecule has 3 aromatic carbocycles. The summed E-state index contributed by atoms with van der Waals surface area (Å²) in [7, 11) is 1.51. The number of methoxy groups -OCH3 is 1. The van der Waals surface area contributed by atoms with Crippen molar-refractivity contribution in [2.24, 2.45) is 0 Å². The van der Waals surface area contributed by atoms with Gasteiger partial charge in [0, 0.05) is 16.7 Å². The first-order chi connectivity index (χ1) is 15.5. The fraction of sp³-hybridized carbons (Fsp3) is 0.192. The fourth-order valence-corrected chi connectivity index (χ4v) is 3.26. The maximum Gasteiger partial charge on any atom is 0.308 e. The van der Waals surface area contributed by atoms with Gasteiger partial charge < -0.3 is 14.8 Å². The number of Topliss-reactive ketones (excluding diaryl/α,β-unsaturated/α-hetero) is 1. The van der Waals surface area contributed by atoms with E-state index in [1.807, 2.05) is 36.4 Å². The molecule has 0 unspecified atom stereocenters. The number of esters is 1. The van der Waals surface area contributed by atoms with E-state index in [2.05, 4.69) is 5.32 Å². The van der Waals surface area contributed by atoms with Crippen molar-refractivity contribution in [2.45, 2.75) is 26.0 Å². The van der Waals surface area contributed by atoms with Gasteiger partial charge in [0.1, 0.15) is 12.4 Å². The SMILES string of the molecule is COc1ccc(C(C)=O)cc1COC(=O)C[C@H](NC(=O)c1ccccc1)c1ccccc1. The van der Waals surface area contributed by atoms with Crippen LogP contribution in [-0.2, 0) is 16.1 Å². The zero-order chi connectivity index (χ0) is 22.9. The van der Waals surface area contributed by atoms with E-state index < -0.39 is 12.0 Å². The van der Waals surface area contributed by atoms with Crippen LogP contribution in [0.1, 0.15) is 51.2 Å². The maximum atomic E-state index is 12.7. The Balaban J connectivity index is 1.71. The van der Waals surface area contributed by atoms with Gasteiger partial charge in [-0.1, -0.05) is 48.5 Å². The molecule has 0 radical (unpaired) electrons. The maximum absolute atomic E-state index is 12.7. The summed E-state index contributed by atoms with van der Waals surface area (Å²) >= 11 is 0. The first-order valence-electron chi connectivity index (χ1n) is 10.2. The van der Waals surface area contributed by atoms with Crippen molar-refractivity contribution in [3.05, 3.63) is 101 Å². The number of ether oxygens (including phenoxy) is 2. The lowest BCUT2D eigenvalue weighted by Crippen LogP contribution is -2.30. The van der Waals surface area contributed by atoms with Crippen LogP contribution in [0.3, 0.4) is 0 Å². The molecule has 1 N–H and O–H groups in total. The van der Waals surface area contributed by atoms with Crippen molar-refractivity contribution in [3.8, 4) is 5.75 Å². The van der Waals surface area contributed by atoms with Crippen LogP contribution in [0.25, 0.3) is 0 Å². The summed E-state index contributed by atoms with van der Waals surface area (Å²) in [5.41, 5.74) is 2.41. The molecule has 1 amide bonds. The van der Waals surface area contributed by atoms with Crippen LogP contribution in [0.2, 0.25) is 0 Å². The molecule has 3 aromatic rings. The van der Waals surface area contributed by atoms with Crippen molar-refractivity contribution >= 4 is 17.7 Å². The van der Waals surface area contributed by atoms with Crippen molar-refractivity contribution < 1.29 is 23.9 Å². The molecule has 164 valence electrons. The molecule has 6 heteroatoms. The summed E-state index contributed by atoms with van der Waals surface area (Å²) in [4.78, 5) is 37.0. The highest BCUT2D eigenvalue weighted by atomic mass is 16.5. The van der Waals surface area contributed by atoms with Gasteiger partial charge in [-0.25, -0.2) is 0 Å². The number of ketones is 1. The lowest BCUT2D eigenvalue weighted by Gasteiger charge is -2.19. The van der Waals surface area contributed by atoms with E-state index in [1.54, 1.807) is 42.5 Å². The number of benzene rings is 3. The summed E-state index contributed by atoms with van der Waals surface area (Å²) in [5.74, 6) is -0.321. The summed E-state index contributed by atoms with van der Waals surface area (Å²) < 4.78 is 10.8. The molecule has 0 heterocycles. The van der Waals surface area contributed by atoms with Crippen molar-refractivity contribution in [1.82, 2.24) is 5.32 Å². The van der Waals surface area contributed by atoms with Crippen LogP contribution in [0.4, 0.5) is 0 Å². The number of nitrogens with one attached hydrogen (secondary N) is 1. The molecular weight excluding hydrogens is 406 g/mol. The van der Waals surface area contributed by atoms with Gasteiger partial charge in [-0.05, 0) is 42.8 Å². The number of hydrogen-bond acceptors (Lipinski definition) is 5. The van der Waals surface area contributed by atoms with E-state index in [1.165, 1.54) is 14.0 Å². The number of amides is 1. The van der Waals surface area contributed by atoms with Crippen LogP contribution in [-0.4, -0.2) is 24.8 Å². The van der Waals surface area contributed by atoms with Gasteiger partial charge in [-0.15, -0.1) is 0 Å². The van der Waals surface area contributed by atoms with E-state index in [4.69, 9.17) is 9.47 Å². The first-order valence-corrected chi connectivity index (χ1v) is 10.2. The molecule has 6 nitrogen and oxygen atoms in total. The van der Waals surface area contributed by atoms with Gasteiger partial charge in [0.25, 0.3) is 5.91 Å². The number of carbonyl (C=O) groups is 3. The Hall–Kier alpha value is -3.93. The Morgan fingerprint density at radius 1 is 0.875 bits per heavy atom. The first kappa shape index (κ1) is 22.7. The second-order valence-electron chi connectivity index (χ2n) is 7.25. The van der Waals surface area contributed by atoms with Crippen LogP contribution in [0.5, 0.6) is 5.75 Å². The van der Waals surface area contributed by atoms with Crippen LogP contribution in [0.15, 0.2) is 78.9 Å². The van der Waals surface area contributed by atoms with E-state index in [0.717, 1.165) is 5.56 Å². The highest BCUT2D eigenvalue weighted by Gasteiger charge is 2.20. The minimum absolute atomic E-state index is 0.0443. The minimum atomic E-state index is -0.554. The molecule has 32 heavy (non-hydrogen) atoms. The average Bonchev–Trinajstić information content (AvgIpc) is 2.83. The largest absolute Gasteiger partial charge is 0.496 e. The third-order valence-corrected chi connectivity index (χ3v) is 4.99. The number of hydrogen-bond donors (Lipinski definition) is 1. The zero-order valence-corrected chi connectivity index (χ0v) is 18.0. The molecule has 1 atom stereocenters. The van der Waals surface area contributed by atoms with Gasteiger partial charge in [-0.3, -0.25) is 14.4 Å². The zero-order valence-electron chi connectivity index (χ0n) is 18.0. The van der Waals surface area contributed by atoms with E-state index in [-0.39, 0.29) is 24.7 Å². The van der Waals surface area contributed by atoms with Gasteiger partial charge in [-0.2, -0.15) is 0 Å². The van der Waals surface area contributed by atoms with E-state index >= 15 is 0 Å². The second kappa shape index (κ2) is 10.9. The molecule has 0 aliphatic rings. The number of rotatable bonds is 9. The summed E-state index contributed by atoms with van der Waals surface area (Å²) in [6.07, 6.45) is -0.0443. The van der Waals surface area contributed by atoms with Crippen LogP contribution < -0.4 is 10.1 Å². The van der Waals surface area contributed by atoms with E-state index in [0.29, 0.717) is 22.4 Å². The molecule has 0 spiro atoms. The predicted molar refractivity (Wildman–Crippen MR) is 121 cm³/mol. The molecule has 0 aliphatic carbocycles. The van der Waals surface area contributed by atoms with Crippen molar-refractivity contribution in [2.75, 3.05) is 7.11 Å². The van der Waals surface area contributed by atoms with Crippen molar-refractivity contribution in [3.63, 3.8) is 0 Å². The van der Waals surface area contributed by atoms with Gasteiger partial charge >= 0.3 is 5.97 Å². The predicted octanol–water partition coefficient (Wildman–Crippen LogP) is 4.50. The van der Waals surface area contributed by atoms with Crippen molar-refractivity contribution in [1.29, 1.82) is 0 Å². The fourth-order valence-electron chi connectivity index (χ4n) is 3.26. The average molecular weight is 431 g/mol. The molecular formula is C26H25NO5. The molecule has 3 rings (SSSR count). The Morgan fingerprint density at radius 3 is 2.16 bits per heavy atom. The normalized spacial score (nSPS) is 11.3. The summed E-state index contributed by atoms with van der Waals surface area (Å²) in [6.45, 7) is 1.43. The third kappa shape index (κ3) is 6.04. The molecule has 0 bridgehead atoms. The number of carbonyl (C=O) groups excluding carboxylic acids is 3. The summed E-state index contributed by atoms with van der Waals surface area (Å²) in [6, 6.07) is 22.5. The molecule has 0 saturated heterocycles. The summed E-state index contributed by atoms with van der Waals surface area (Å²) in [5, 5.41) is 2.92. The van der Waals surface area contributed by atoms with Gasteiger partial charge in [0.15, 0.2) is 5.78 Å². The molecule has 0 fully saturated rings. The second-order valence-corrected chi connectivity index (χ2v) is 7.25. The molecule has 0 aliphatic heterocycles. The lowest BCUT2D eigenvalue weighted by molar-refractivity contribution is -0.145. The van der Waals surface area contributed by atoms with Crippen LogP contribution in [0, 0.1) is 0 Å². The quantitative estimate of drug-likeness (QED) is 0.398. The minimum Gasteiger partial charge on any atom is -0.496 e. The highest BCUT2D eigenvalue weighted by Crippen LogP contribution is 2.23. The lowest BCUT2D eigenvalue weighted by atomic mass is 10.0. The van der Waals surface area contributed by atoms with Crippen LogP contribution >= 0.6 is 0 Å².